The zero-order chi connectivity index (χ0) is 10.3. The molecule has 0 saturated carbocycles. The second-order valence-corrected chi connectivity index (χ2v) is 7.27. The van der Waals surface area contributed by atoms with Gasteiger partial charge in [-0.3, -0.25) is 4.79 Å². The molecule has 4 nitrogen and oxygen atoms in total. The highest BCUT2D eigenvalue weighted by Gasteiger charge is 2.50. The molecule has 1 N–H and O–H groups in total. The molecule has 1 rings (SSSR count). The predicted octanol–water partition coefficient (Wildman–Crippen LogP) is 1.23. The van der Waals surface area contributed by atoms with Gasteiger partial charge in [0.05, 0.1) is 0 Å². The molecule has 0 aromatic rings. The SMILES string of the molecule is CC1(S(=O)(=O)Cl)SC=CC1C(=O)O. The first-order valence-corrected chi connectivity index (χ1v) is 6.49. The van der Waals surface area contributed by atoms with Crippen LogP contribution in [-0.2, 0) is 13.8 Å². The average molecular weight is 243 g/mol. The Morgan fingerprint density at radius 1 is 1.69 bits per heavy atom. The van der Waals surface area contributed by atoms with Crippen molar-refractivity contribution in [1.29, 1.82) is 0 Å². The largest absolute Gasteiger partial charge is 0.481 e. The van der Waals surface area contributed by atoms with Crippen LogP contribution in [0.2, 0.25) is 0 Å². The minimum absolute atomic E-state index is 0.907. The van der Waals surface area contributed by atoms with Gasteiger partial charge in [0.2, 0.25) is 9.05 Å². The molecule has 0 radical (unpaired) electrons. The van der Waals surface area contributed by atoms with Gasteiger partial charge in [0.25, 0.3) is 0 Å². The van der Waals surface area contributed by atoms with E-state index in [0.29, 0.717) is 0 Å². The molecule has 0 amide bonds. The number of halogens is 1. The van der Waals surface area contributed by atoms with Gasteiger partial charge in [-0.05, 0) is 12.3 Å². The quantitative estimate of drug-likeness (QED) is 0.738. The monoisotopic (exact) mass is 242 g/mol. The van der Waals surface area contributed by atoms with Crippen molar-refractivity contribution >= 4 is 37.5 Å². The van der Waals surface area contributed by atoms with E-state index in [2.05, 4.69) is 0 Å². The smallest absolute Gasteiger partial charge is 0.312 e. The minimum atomic E-state index is -3.90. The van der Waals surface area contributed by atoms with E-state index in [9.17, 15) is 13.2 Å². The maximum atomic E-state index is 11.1. The highest BCUT2D eigenvalue weighted by molar-refractivity contribution is 8.26. The summed E-state index contributed by atoms with van der Waals surface area (Å²) in [7, 11) is 1.26. The molecule has 1 aliphatic rings. The summed E-state index contributed by atoms with van der Waals surface area (Å²) in [6.45, 7) is 1.30. The van der Waals surface area contributed by atoms with Crippen LogP contribution in [-0.4, -0.2) is 23.6 Å². The molecule has 0 aliphatic carbocycles. The Balaban J connectivity index is 3.14. The number of hydrogen-bond donors (Lipinski definition) is 1. The Morgan fingerprint density at radius 2 is 2.23 bits per heavy atom. The lowest BCUT2D eigenvalue weighted by atomic mass is 10.1. The molecule has 13 heavy (non-hydrogen) atoms. The molecule has 1 aliphatic heterocycles. The third-order valence-electron chi connectivity index (χ3n) is 1.89. The number of thioether (sulfide) groups is 1. The Hall–Kier alpha value is -0.200. The summed E-state index contributed by atoms with van der Waals surface area (Å²) in [6.07, 6.45) is 1.33. The minimum Gasteiger partial charge on any atom is -0.481 e. The zero-order valence-electron chi connectivity index (χ0n) is 6.60. The van der Waals surface area contributed by atoms with Gasteiger partial charge < -0.3 is 5.11 Å². The third-order valence-corrected chi connectivity index (χ3v) is 6.31. The van der Waals surface area contributed by atoms with Crippen molar-refractivity contribution in [3.05, 3.63) is 11.5 Å². The van der Waals surface area contributed by atoms with Gasteiger partial charge in [0.15, 0.2) is 0 Å². The molecule has 2 unspecified atom stereocenters. The average Bonchev–Trinajstić information content (AvgIpc) is 2.30. The molecule has 0 spiro atoms. The topological polar surface area (TPSA) is 71.4 Å². The van der Waals surface area contributed by atoms with Crippen LogP contribution in [0.3, 0.4) is 0 Å². The number of carboxylic acids is 1. The van der Waals surface area contributed by atoms with Crippen LogP contribution in [0.25, 0.3) is 0 Å². The standard InChI is InChI=1S/C6H7ClO4S2/c1-6(13(7,10)11)4(5(8)9)2-3-12-6/h2-4H,1H3,(H,8,9). The molecule has 0 aromatic carbocycles. The molecule has 7 heteroatoms. The number of aliphatic carboxylic acids is 1. The van der Waals surface area contributed by atoms with Crippen molar-refractivity contribution in [2.45, 2.75) is 11.0 Å². The Morgan fingerprint density at radius 3 is 2.54 bits per heavy atom. The number of rotatable bonds is 2. The summed E-state index contributed by atoms with van der Waals surface area (Å²) in [5.41, 5.74) is 0. The molecule has 74 valence electrons. The fourth-order valence-corrected chi connectivity index (χ4v) is 3.57. The molecule has 0 fully saturated rings. The first kappa shape index (κ1) is 10.9. The molecule has 0 bridgehead atoms. The van der Waals surface area contributed by atoms with Crippen molar-refractivity contribution in [2.75, 3.05) is 0 Å². The molecule has 0 aromatic heterocycles. The fraction of sp³-hybridized carbons (Fsp3) is 0.500. The van der Waals surface area contributed by atoms with E-state index < -0.39 is 25.0 Å². The maximum absolute atomic E-state index is 11.1. The summed E-state index contributed by atoms with van der Waals surface area (Å²) < 4.78 is 20.7. The molecular weight excluding hydrogens is 236 g/mol. The molecular formula is C6H7ClO4S2. The van der Waals surface area contributed by atoms with Crippen LogP contribution in [0.5, 0.6) is 0 Å². The van der Waals surface area contributed by atoms with E-state index in [0.717, 1.165) is 11.8 Å². The van der Waals surface area contributed by atoms with E-state index in [4.69, 9.17) is 15.8 Å². The number of carbonyl (C=O) groups is 1. The first-order valence-electron chi connectivity index (χ1n) is 3.30. The highest BCUT2D eigenvalue weighted by Crippen LogP contribution is 2.46. The van der Waals surface area contributed by atoms with Crippen LogP contribution in [0.1, 0.15) is 6.92 Å². The number of hydrogen-bond acceptors (Lipinski definition) is 4. The zero-order valence-corrected chi connectivity index (χ0v) is 8.99. The molecule has 1 heterocycles. The van der Waals surface area contributed by atoms with Crippen molar-refractivity contribution in [3.63, 3.8) is 0 Å². The Kier molecular flexibility index (Phi) is 2.66. The van der Waals surface area contributed by atoms with Crippen LogP contribution >= 0.6 is 22.4 Å². The lowest BCUT2D eigenvalue weighted by molar-refractivity contribution is -0.140. The van der Waals surface area contributed by atoms with Gasteiger partial charge in [-0.25, -0.2) is 8.42 Å². The van der Waals surface area contributed by atoms with Crippen molar-refractivity contribution in [3.8, 4) is 0 Å². The van der Waals surface area contributed by atoms with Crippen LogP contribution in [0, 0.1) is 5.92 Å². The van der Waals surface area contributed by atoms with E-state index in [1.807, 2.05) is 0 Å². The van der Waals surface area contributed by atoms with Gasteiger partial charge in [0, 0.05) is 10.7 Å². The first-order chi connectivity index (χ1) is 5.79. The van der Waals surface area contributed by atoms with Gasteiger partial charge in [-0.1, -0.05) is 6.08 Å². The third kappa shape index (κ3) is 1.70. The van der Waals surface area contributed by atoms with Crippen LogP contribution < -0.4 is 0 Å². The van der Waals surface area contributed by atoms with Crippen molar-refractivity contribution < 1.29 is 18.3 Å². The van der Waals surface area contributed by atoms with E-state index in [-0.39, 0.29) is 0 Å². The summed E-state index contributed by atoms with van der Waals surface area (Å²) in [5.74, 6) is -2.27. The fourth-order valence-electron chi connectivity index (χ4n) is 1.02. The predicted molar refractivity (Wildman–Crippen MR) is 51.0 cm³/mol. The molecule has 0 saturated heterocycles. The van der Waals surface area contributed by atoms with Crippen LogP contribution in [0.15, 0.2) is 11.5 Å². The van der Waals surface area contributed by atoms with Gasteiger partial charge in [-0.2, -0.15) is 0 Å². The summed E-state index contributed by atoms with van der Waals surface area (Å²) in [4.78, 5) is 10.7. The highest BCUT2D eigenvalue weighted by atomic mass is 35.7. The van der Waals surface area contributed by atoms with Crippen molar-refractivity contribution in [1.82, 2.24) is 0 Å². The van der Waals surface area contributed by atoms with Crippen molar-refractivity contribution in [2.24, 2.45) is 5.92 Å². The number of carboxylic acid groups (broad SMARTS) is 1. The van der Waals surface area contributed by atoms with Crippen LogP contribution in [0.4, 0.5) is 0 Å². The summed E-state index contributed by atoms with van der Waals surface area (Å²) in [6, 6.07) is 0. The van der Waals surface area contributed by atoms with Gasteiger partial charge in [-0.15, -0.1) is 11.8 Å². The van der Waals surface area contributed by atoms with E-state index in [1.165, 1.54) is 18.4 Å². The van der Waals surface area contributed by atoms with E-state index >= 15 is 0 Å². The maximum Gasteiger partial charge on any atom is 0.312 e. The summed E-state index contributed by atoms with van der Waals surface area (Å²) >= 11 is 0.907. The Labute approximate surface area is 84.4 Å². The second kappa shape index (κ2) is 3.18. The van der Waals surface area contributed by atoms with E-state index in [1.54, 1.807) is 0 Å². The second-order valence-electron chi connectivity index (χ2n) is 2.72. The van der Waals surface area contributed by atoms with Gasteiger partial charge in [0.1, 0.15) is 10.00 Å². The molecule has 2 atom stereocenters. The Bertz CT molecular complexity index is 361. The normalized spacial score (nSPS) is 33.5. The lowest BCUT2D eigenvalue weighted by Crippen LogP contribution is -2.37. The summed E-state index contributed by atoms with van der Waals surface area (Å²) in [5, 5.41) is 10.2. The van der Waals surface area contributed by atoms with Gasteiger partial charge >= 0.3 is 5.97 Å². The lowest BCUT2D eigenvalue weighted by Gasteiger charge is -2.23.